The molecule has 0 fully saturated rings. The van der Waals surface area contributed by atoms with E-state index in [1.54, 1.807) is 48.1 Å². The smallest absolute Gasteiger partial charge is 0.159 e. The third-order valence-corrected chi connectivity index (χ3v) is 7.11. The van der Waals surface area contributed by atoms with Gasteiger partial charge in [0.25, 0.3) is 0 Å². The number of aliphatic hydroxyl groups excluding tert-OH is 1. The van der Waals surface area contributed by atoms with Gasteiger partial charge in [-0.1, -0.05) is 26.8 Å². The average molecular weight is 528 g/mol. The highest BCUT2D eigenvalue weighted by atomic mass is 32.1. The maximum Gasteiger partial charge on any atom is 0.159 e. The Labute approximate surface area is 222 Å². The second kappa shape index (κ2) is 9.30. The summed E-state index contributed by atoms with van der Waals surface area (Å²) in [5.41, 5.74) is 4.72. The second-order valence-electron chi connectivity index (χ2n) is 10.4. The van der Waals surface area contributed by atoms with Crippen LogP contribution in [-0.4, -0.2) is 41.5 Å². The van der Waals surface area contributed by atoms with Crippen molar-refractivity contribution in [2.45, 2.75) is 33.4 Å². The minimum Gasteiger partial charge on any atom is -0.374 e. The van der Waals surface area contributed by atoms with Gasteiger partial charge in [-0.25, -0.2) is 9.37 Å². The summed E-state index contributed by atoms with van der Waals surface area (Å²) in [6.07, 6.45) is 4.75. The molecule has 0 amide bonds. The van der Waals surface area contributed by atoms with Gasteiger partial charge in [0, 0.05) is 23.5 Å². The summed E-state index contributed by atoms with van der Waals surface area (Å²) in [5, 5.41) is 23.1. The van der Waals surface area contributed by atoms with Gasteiger partial charge < -0.3 is 15.4 Å². The van der Waals surface area contributed by atoms with Crippen molar-refractivity contribution in [1.29, 1.82) is 0 Å². The van der Waals surface area contributed by atoms with Crippen LogP contribution in [0.2, 0.25) is 0 Å². The van der Waals surface area contributed by atoms with E-state index in [4.69, 9.17) is 4.98 Å². The standard InChI is InChI=1S/C28H26FN7OS/c1-28(2,3)12-21(37)32-16-11-15(13-30-14-16)17-6-7-18-22(23(17)29)26(36-35-18)27-33-19-8-9-31-25(24(19)34-27)20-5-4-10-38-20/h4-11,13-14,21,32,37H,12H2,1-3H3,(H,33,34)(H,35,36). The molecule has 6 aromatic rings. The number of hydrogen-bond donors (Lipinski definition) is 4. The number of rotatable bonds is 6. The number of halogens is 1. The Bertz CT molecular complexity index is 1750. The van der Waals surface area contributed by atoms with Gasteiger partial charge in [-0.05, 0) is 47.5 Å². The summed E-state index contributed by atoms with van der Waals surface area (Å²) in [6, 6.07) is 11.1. The van der Waals surface area contributed by atoms with Gasteiger partial charge in [0.1, 0.15) is 28.9 Å². The molecule has 10 heteroatoms. The molecule has 5 heterocycles. The van der Waals surface area contributed by atoms with E-state index in [1.165, 1.54) is 0 Å². The first kappa shape index (κ1) is 24.2. The molecule has 1 aromatic carbocycles. The molecule has 0 spiro atoms. The normalized spacial score (nSPS) is 12.9. The van der Waals surface area contributed by atoms with Crippen molar-refractivity contribution < 1.29 is 9.50 Å². The van der Waals surface area contributed by atoms with E-state index < -0.39 is 12.0 Å². The molecule has 0 saturated heterocycles. The largest absolute Gasteiger partial charge is 0.374 e. The summed E-state index contributed by atoms with van der Waals surface area (Å²) in [7, 11) is 0. The Morgan fingerprint density at radius 2 is 1.97 bits per heavy atom. The number of thiophene rings is 1. The Morgan fingerprint density at radius 1 is 1.11 bits per heavy atom. The summed E-state index contributed by atoms with van der Waals surface area (Å²) >= 11 is 1.58. The zero-order valence-corrected chi connectivity index (χ0v) is 21.9. The van der Waals surface area contributed by atoms with E-state index >= 15 is 4.39 Å². The van der Waals surface area contributed by atoms with Gasteiger partial charge in [0.2, 0.25) is 0 Å². The number of aromatic nitrogens is 6. The fraction of sp³-hybridized carbons (Fsp3) is 0.214. The van der Waals surface area contributed by atoms with Crippen LogP contribution in [-0.2, 0) is 0 Å². The van der Waals surface area contributed by atoms with Gasteiger partial charge in [-0.2, -0.15) is 5.10 Å². The Kier molecular flexibility index (Phi) is 5.93. The van der Waals surface area contributed by atoms with Crippen molar-refractivity contribution in [2.75, 3.05) is 5.32 Å². The van der Waals surface area contributed by atoms with Crippen LogP contribution in [0.5, 0.6) is 0 Å². The van der Waals surface area contributed by atoms with Gasteiger partial charge in [-0.3, -0.25) is 15.1 Å². The van der Waals surface area contributed by atoms with Gasteiger partial charge in [0.05, 0.1) is 33.2 Å². The fourth-order valence-corrected chi connectivity index (χ4v) is 5.32. The van der Waals surface area contributed by atoms with Crippen LogP contribution in [0.25, 0.3) is 55.2 Å². The van der Waals surface area contributed by atoms with Crippen molar-refractivity contribution in [3.8, 4) is 33.2 Å². The minimum absolute atomic E-state index is 0.0520. The van der Waals surface area contributed by atoms with Crippen LogP contribution in [0.15, 0.2) is 60.4 Å². The second-order valence-corrected chi connectivity index (χ2v) is 11.4. The Balaban J connectivity index is 1.40. The predicted octanol–water partition coefficient (Wildman–Crippen LogP) is 6.60. The lowest BCUT2D eigenvalue weighted by molar-refractivity contribution is 0.145. The van der Waals surface area contributed by atoms with E-state index in [9.17, 15) is 5.11 Å². The number of hydrogen-bond acceptors (Lipinski definition) is 7. The predicted molar refractivity (Wildman–Crippen MR) is 149 cm³/mol. The van der Waals surface area contributed by atoms with Crippen molar-refractivity contribution in [2.24, 2.45) is 5.41 Å². The fourth-order valence-electron chi connectivity index (χ4n) is 4.60. The number of fused-ring (bicyclic) bond motifs is 2. The van der Waals surface area contributed by atoms with Crippen molar-refractivity contribution >= 4 is 39.0 Å². The van der Waals surface area contributed by atoms with E-state index in [0.717, 1.165) is 16.1 Å². The minimum atomic E-state index is -0.749. The highest BCUT2D eigenvalue weighted by Crippen LogP contribution is 2.36. The SMILES string of the molecule is CC(C)(C)CC(O)Nc1cncc(-c2ccc3[nH]nc(-c4nc5c(-c6cccs6)nccc5[nH]4)c3c2F)c1. The van der Waals surface area contributed by atoms with Gasteiger partial charge in [0.15, 0.2) is 5.82 Å². The third kappa shape index (κ3) is 4.52. The summed E-state index contributed by atoms with van der Waals surface area (Å²) in [5.74, 6) is 0.0180. The first-order chi connectivity index (χ1) is 18.3. The number of aromatic amines is 2. The zero-order valence-electron chi connectivity index (χ0n) is 21.1. The van der Waals surface area contributed by atoms with Crippen LogP contribution in [0.4, 0.5) is 10.1 Å². The number of imidazole rings is 1. The van der Waals surface area contributed by atoms with E-state index in [2.05, 4.69) is 51.2 Å². The first-order valence-corrected chi connectivity index (χ1v) is 13.1. The molecule has 0 aliphatic carbocycles. The third-order valence-electron chi connectivity index (χ3n) is 6.23. The first-order valence-electron chi connectivity index (χ1n) is 12.2. The topological polar surface area (TPSA) is 115 Å². The Hall–Kier alpha value is -4.15. The molecule has 0 radical (unpaired) electrons. The number of aliphatic hydroxyl groups is 1. The number of nitrogens with zero attached hydrogens (tertiary/aromatic N) is 4. The van der Waals surface area contributed by atoms with Crippen LogP contribution in [0.3, 0.4) is 0 Å². The molecule has 1 unspecified atom stereocenters. The lowest BCUT2D eigenvalue weighted by atomic mass is 9.91. The summed E-state index contributed by atoms with van der Waals surface area (Å²) < 4.78 is 16.1. The molecule has 38 heavy (non-hydrogen) atoms. The van der Waals surface area contributed by atoms with E-state index in [1.807, 2.05) is 23.6 Å². The molecule has 0 aliphatic rings. The number of pyridine rings is 2. The molecular weight excluding hydrogens is 501 g/mol. The molecule has 0 aliphatic heterocycles. The molecular formula is C28H26FN7OS. The quantitative estimate of drug-likeness (QED) is 0.182. The average Bonchev–Trinajstić information content (AvgIpc) is 3.62. The monoisotopic (exact) mass is 527 g/mol. The summed E-state index contributed by atoms with van der Waals surface area (Å²) in [4.78, 5) is 17.9. The van der Waals surface area contributed by atoms with Gasteiger partial charge in [-0.15, -0.1) is 11.3 Å². The van der Waals surface area contributed by atoms with Crippen molar-refractivity contribution in [3.63, 3.8) is 0 Å². The maximum absolute atomic E-state index is 16.1. The molecule has 6 rings (SSSR count). The maximum atomic E-state index is 16.1. The van der Waals surface area contributed by atoms with Crippen LogP contribution >= 0.6 is 11.3 Å². The molecule has 0 saturated carbocycles. The summed E-state index contributed by atoms with van der Waals surface area (Å²) in [6.45, 7) is 6.17. The number of anilines is 1. The lowest BCUT2D eigenvalue weighted by Gasteiger charge is -2.23. The number of nitrogens with one attached hydrogen (secondary N) is 3. The molecule has 192 valence electrons. The number of benzene rings is 1. The molecule has 4 N–H and O–H groups in total. The molecule has 1 atom stereocenters. The molecule has 8 nitrogen and oxygen atoms in total. The zero-order chi connectivity index (χ0) is 26.4. The van der Waals surface area contributed by atoms with Crippen LogP contribution < -0.4 is 5.32 Å². The molecule has 5 aromatic heterocycles. The van der Waals surface area contributed by atoms with Crippen LogP contribution in [0.1, 0.15) is 27.2 Å². The van der Waals surface area contributed by atoms with E-state index in [-0.39, 0.29) is 5.41 Å². The van der Waals surface area contributed by atoms with Crippen molar-refractivity contribution in [3.05, 3.63) is 66.2 Å². The molecule has 0 bridgehead atoms. The number of H-pyrrole nitrogens is 2. The van der Waals surface area contributed by atoms with Crippen LogP contribution in [0, 0.1) is 11.2 Å². The highest BCUT2D eigenvalue weighted by Gasteiger charge is 2.21. The van der Waals surface area contributed by atoms with Gasteiger partial charge >= 0.3 is 0 Å². The lowest BCUT2D eigenvalue weighted by Crippen LogP contribution is -2.25. The van der Waals surface area contributed by atoms with Crippen molar-refractivity contribution in [1.82, 2.24) is 30.1 Å². The van der Waals surface area contributed by atoms with E-state index in [0.29, 0.717) is 51.2 Å². The Morgan fingerprint density at radius 3 is 2.76 bits per heavy atom. The highest BCUT2D eigenvalue weighted by molar-refractivity contribution is 7.13.